The monoisotopic (exact) mass is 178 g/mol. The molecule has 13 heavy (non-hydrogen) atoms. The molecular formula is C9H14N4. The van der Waals surface area contributed by atoms with Crippen molar-refractivity contribution in [2.45, 2.75) is 18.8 Å². The van der Waals surface area contributed by atoms with E-state index in [0.717, 1.165) is 31.6 Å². The Hall–Kier alpha value is -1.16. The van der Waals surface area contributed by atoms with Crippen LogP contribution < -0.4 is 11.1 Å². The zero-order valence-electron chi connectivity index (χ0n) is 7.53. The first-order chi connectivity index (χ1) is 6.36. The van der Waals surface area contributed by atoms with Crippen molar-refractivity contribution in [1.82, 2.24) is 15.5 Å². The Morgan fingerprint density at radius 3 is 2.62 bits per heavy atom. The first-order valence-corrected chi connectivity index (χ1v) is 4.66. The maximum atomic E-state index is 5.47. The van der Waals surface area contributed by atoms with Crippen molar-refractivity contribution in [3.63, 3.8) is 0 Å². The van der Waals surface area contributed by atoms with Gasteiger partial charge < -0.3 is 11.1 Å². The molecular weight excluding hydrogens is 164 g/mol. The number of hydrogen-bond donors (Lipinski definition) is 2. The molecule has 1 fully saturated rings. The fourth-order valence-corrected chi connectivity index (χ4v) is 1.69. The minimum atomic E-state index is 0.498. The number of hydrogen-bond acceptors (Lipinski definition) is 4. The zero-order valence-corrected chi connectivity index (χ0v) is 7.53. The van der Waals surface area contributed by atoms with Gasteiger partial charge in [0.15, 0.2) is 0 Å². The summed E-state index contributed by atoms with van der Waals surface area (Å²) < 4.78 is 0. The van der Waals surface area contributed by atoms with Gasteiger partial charge in [0, 0.05) is 5.92 Å². The Kier molecular flexibility index (Phi) is 2.40. The van der Waals surface area contributed by atoms with E-state index in [1.807, 2.05) is 12.1 Å². The van der Waals surface area contributed by atoms with Crippen molar-refractivity contribution in [1.29, 1.82) is 0 Å². The van der Waals surface area contributed by atoms with Crippen LogP contribution in [0.5, 0.6) is 0 Å². The van der Waals surface area contributed by atoms with E-state index in [1.54, 1.807) is 0 Å². The summed E-state index contributed by atoms with van der Waals surface area (Å²) in [6.07, 6.45) is 2.30. The minimum Gasteiger partial charge on any atom is -0.382 e. The highest BCUT2D eigenvalue weighted by molar-refractivity contribution is 5.26. The summed E-state index contributed by atoms with van der Waals surface area (Å²) in [5.74, 6) is 1.06. The molecule has 1 aliphatic rings. The average molecular weight is 178 g/mol. The van der Waals surface area contributed by atoms with Gasteiger partial charge in [0.05, 0.1) is 5.69 Å². The quantitative estimate of drug-likeness (QED) is 0.658. The first kappa shape index (κ1) is 8.44. The van der Waals surface area contributed by atoms with Crippen LogP contribution in [0.4, 0.5) is 5.82 Å². The van der Waals surface area contributed by atoms with Crippen LogP contribution in [-0.4, -0.2) is 23.3 Å². The Balaban J connectivity index is 2.10. The third kappa shape index (κ3) is 1.95. The van der Waals surface area contributed by atoms with E-state index < -0.39 is 0 Å². The molecule has 0 aromatic carbocycles. The highest BCUT2D eigenvalue weighted by atomic mass is 15.1. The van der Waals surface area contributed by atoms with E-state index in [9.17, 15) is 0 Å². The second-order valence-corrected chi connectivity index (χ2v) is 3.41. The maximum absolute atomic E-state index is 5.47. The van der Waals surface area contributed by atoms with Gasteiger partial charge in [-0.05, 0) is 38.1 Å². The molecule has 4 nitrogen and oxygen atoms in total. The standard InChI is InChI=1S/C9H14N4/c10-9-2-1-8(12-13-9)7-3-5-11-6-4-7/h1-2,7,11H,3-6H2,(H2,10,13). The van der Waals surface area contributed by atoms with E-state index >= 15 is 0 Å². The molecule has 0 unspecified atom stereocenters. The van der Waals surface area contributed by atoms with Gasteiger partial charge >= 0.3 is 0 Å². The molecule has 0 amide bonds. The van der Waals surface area contributed by atoms with Gasteiger partial charge in [-0.3, -0.25) is 0 Å². The van der Waals surface area contributed by atoms with Crippen molar-refractivity contribution >= 4 is 5.82 Å². The highest BCUT2D eigenvalue weighted by Gasteiger charge is 2.16. The smallest absolute Gasteiger partial charge is 0.146 e. The normalized spacial score (nSPS) is 18.8. The van der Waals surface area contributed by atoms with Crippen LogP contribution in [0.1, 0.15) is 24.5 Å². The predicted molar refractivity (Wildman–Crippen MR) is 51.3 cm³/mol. The van der Waals surface area contributed by atoms with Crippen LogP contribution in [0.2, 0.25) is 0 Å². The van der Waals surface area contributed by atoms with Gasteiger partial charge in [-0.25, -0.2) is 0 Å². The molecule has 2 heterocycles. The lowest BCUT2D eigenvalue weighted by atomic mass is 9.94. The second kappa shape index (κ2) is 3.70. The molecule has 70 valence electrons. The molecule has 0 aliphatic carbocycles. The van der Waals surface area contributed by atoms with E-state index in [1.165, 1.54) is 0 Å². The number of piperidine rings is 1. The van der Waals surface area contributed by atoms with Gasteiger partial charge in [0.1, 0.15) is 5.82 Å². The summed E-state index contributed by atoms with van der Waals surface area (Å²) in [5, 5.41) is 11.3. The summed E-state index contributed by atoms with van der Waals surface area (Å²) in [5.41, 5.74) is 6.55. The fraction of sp³-hybridized carbons (Fsp3) is 0.556. The lowest BCUT2D eigenvalue weighted by Crippen LogP contribution is -2.27. The van der Waals surface area contributed by atoms with E-state index in [-0.39, 0.29) is 0 Å². The lowest BCUT2D eigenvalue weighted by Gasteiger charge is -2.21. The lowest BCUT2D eigenvalue weighted by molar-refractivity contribution is 0.450. The van der Waals surface area contributed by atoms with Crippen molar-refractivity contribution < 1.29 is 0 Å². The Bertz CT molecular complexity index is 263. The van der Waals surface area contributed by atoms with Crippen LogP contribution in [0, 0.1) is 0 Å². The summed E-state index contributed by atoms with van der Waals surface area (Å²) in [6, 6.07) is 3.81. The zero-order chi connectivity index (χ0) is 9.10. The van der Waals surface area contributed by atoms with Crippen LogP contribution in [0.25, 0.3) is 0 Å². The molecule has 0 atom stereocenters. The average Bonchev–Trinajstić information content (AvgIpc) is 2.20. The van der Waals surface area contributed by atoms with Crippen LogP contribution in [0.15, 0.2) is 12.1 Å². The molecule has 1 aromatic heterocycles. The van der Waals surface area contributed by atoms with Crippen molar-refractivity contribution in [2.75, 3.05) is 18.8 Å². The Labute approximate surface area is 77.5 Å². The van der Waals surface area contributed by atoms with Crippen LogP contribution in [-0.2, 0) is 0 Å². The number of nitrogens with one attached hydrogen (secondary N) is 1. The molecule has 0 radical (unpaired) electrons. The minimum absolute atomic E-state index is 0.498. The Morgan fingerprint density at radius 1 is 1.23 bits per heavy atom. The third-order valence-corrected chi connectivity index (χ3v) is 2.46. The molecule has 1 aromatic rings. The maximum Gasteiger partial charge on any atom is 0.146 e. The van der Waals surface area contributed by atoms with Gasteiger partial charge in [-0.15, -0.1) is 5.10 Å². The van der Waals surface area contributed by atoms with Crippen LogP contribution >= 0.6 is 0 Å². The molecule has 3 N–H and O–H groups in total. The van der Waals surface area contributed by atoms with E-state index in [4.69, 9.17) is 5.73 Å². The summed E-state index contributed by atoms with van der Waals surface area (Å²) in [4.78, 5) is 0. The van der Waals surface area contributed by atoms with E-state index in [0.29, 0.717) is 11.7 Å². The van der Waals surface area contributed by atoms with Gasteiger partial charge in [-0.2, -0.15) is 5.10 Å². The molecule has 1 aliphatic heterocycles. The van der Waals surface area contributed by atoms with Crippen molar-refractivity contribution in [3.05, 3.63) is 17.8 Å². The molecule has 4 heteroatoms. The van der Waals surface area contributed by atoms with E-state index in [2.05, 4.69) is 15.5 Å². The summed E-state index contributed by atoms with van der Waals surface area (Å²) >= 11 is 0. The Morgan fingerprint density at radius 2 is 2.00 bits per heavy atom. The number of rotatable bonds is 1. The van der Waals surface area contributed by atoms with Gasteiger partial charge in [0.2, 0.25) is 0 Å². The number of nitrogens with two attached hydrogens (primary N) is 1. The predicted octanol–water partition coefficient (Wildman–Crippen LogP) is 0.526. The third-order valence-electron chi connectivity index (χ3n) is 2.46. The molecule has 0 saturated carbocycles. The number of anilines is 1. The van der Waals surface area contributed by atoms with Gasteiger partial charge in [0.25, 0.3) is 0 Å². The first-order valence-electron chi connectivity index (χ1n) is 4.66. The number of aromatic nitrogens is 2. The summed E-state index contributed by atoms with van der Waals surface area (Å²) in [7, 11) is 0. The fourth-order valence-electron chi connectivity index (χ4n) is 1.69. The largest absolute Gasteiger partial charge is 0.382 e. The van der Waals surface area contributed by atoms with Crippen molar-refractivity contribution in [3.8, 4) is 0 Å². The molecule has 1 saturated heterocycles. The number of nitrogen functional groups attached to an aromatic ring is 1. The SMILES string of the molecule is Nc1ccc(C2CCNCC2)nn1. The summed E-state index contributed by atoms with van der Waals surface area (Å²) in [6.45, 7) is 2.16. The second-order valence-electron chi connectivity index (χ2n) is 3.41. The van der Waals surface area contributed by atoms with Gasteiger partial charge in [-0.1, -0.05) is 0 Å². The highest BCUT2D eigenvalue weighted by Crippen LogP contribution is 2.22. The number of nitrogens with zero attached hydrogens (tertiary/aromatic N) is 2. The van der Waals surface area contributed by atoms with Crippen molar-refractivity contribution in [2.24, 2.45) is 0 Å². The van der Waals surface area contributed by atoms with Crippen LogP contribution in [0.3, 0.4) is 0 Å². The molecule has 0 spiro atoms. The topological polar surface area (TPSA) is 63.8 Å². The molecule has 0 bridgehead atoms. The molecule has 2 rings (SSSR count).